The van der Waals surface area contributed by atoms with Crippen LogP contribution in [0.3, 0.4) is 0 Å². The number of phenolic OH excluding ortho intramolecular Hbond substituents is 2. The summed E-state index contributed by atoms with van der Waals surface area (Å²) in [6.07, 6.45) is 3.13. The maximum atomic E-state index is 14.0. The van der Waals surface area contributed by atoms with E-state index < -0.39 is 29.4 Å². The molecule has 1 fully saturated rings. The van der Waals surface area contributed by atoms with E-state index in [4.69, 9.17) is 5.73 Å². The molecule has 5 rings (SSSR count). The number of nitrogens with two attached hydrogens (primary N) is 1. The van der Waals surface area contributed by atoms with Gasteiger partial charge in [-0.1, -0.05) is 31.2 Å². The van der Waals surface area contributed by atoms with Gasteiger partial charge in [-0.2, -0.15) is 0 Å². The number of nitrogens with one attached hydrogen (secondary N) is 2. The molecule has 2 aliphatic heterocycles. The molecule has 3 unspecified atom stereocenters. The molecule has 0 aromatic heterocycles. The van der Waals surface area contributed by atoms with Crippen LogP contribution in [0.2, 0.25) is 0 Å². The van der Waals surface area contributed by atoms with Gasteiger partial charge in [0, 0.05) is 11.8 Å². The van der Waals surface area contributed by atoms with Gasteiger partial charge in [-0.05, 0) is 73.0 Å². The summed E-state index contributed by atoms with van der Waals surface area (Å²) in [4.78, 5) is 41.2. The van der Waals surface area contributed by atoms with Crippen LogP contribution in [0.25, 0.3) is 0 Å². The second-order valence-electron chi connectivity index (χ2n) is 10.9. The van der Waals surface area contributed by atoms with Gasteiger partial charge < -0.3 is 31.5 Å². The number of carbonyl (C=O) groups excluding carboxylic acids is 3. The van der Waals surface area contributed by atoms with Crippen LogP contribution in [-0.4, -0.2) is 58.5 Å². The monoisotopic (exact) mass is 506 g/mol. The fraction of sp³-hybridized carbons (Fsp3) is 0.464. The minimum atomic E-state index is -0.940. The maximum Gasteiger partial charge on any atom is 0.246 e. The van der Waals surface area contributed by atoms with Gasteiger partial charge >= 0.3 is 0 Å². The van der Waals surface area contributed by atoms with Crippen LogP contribution in [0.4, 0.5) is 0 Å². The van der Waals surface area contributed by atoms with E-state index in [0.29, 0.717) is 17.5 Å². The van der Waals surface area contributed by atoms with Crippen molar-refractivity contribution < 1.29 is 24.6 Å². The summed E-state index contributed by atoms with van der Waals surface area (Å²) in [6, 6.07) is 8.88. The van der Waals surface area contributed by atoms with Crippen LogP contribution < -0.4 is 16.4 Å². The number of hydrogen-bond acceptors (Lipinski definition) is 6. The molecule has 37 heavy (non-hydrogen) atoms. The van der Waals surface area contributed by atoms with Crippen LogP contribution in [0.5, 0.6) is 11.5 Å². The summed E-state index contributed by atoms with van der Waals surface area (Å²) >= 11 is 0. The number of benzene rings is 2. The van der Waals surface area contributed by atoms with Crippen molar-refractivity contribution in [3.63, 3.8) is 0 Å². The molecule has 6 N–H and O–H groups in total. The quantitative estimate of drug-likeness (QED) is 0.387. The van der Waals surface area contributed by atoms with E-state index in [1.54, 1.807) is 11.9 Å². The summed E-state index contributed by atoms with van der Waals surface area (Å²) in [5.74, 6) is -1.80. The zero-order valence-electron chi connectivity index (χ0n) is 21.2. The van der Waals surface area contributed by atoms with E-state index in [1.807, 2.05) is 19.1 Å². The molecule has 2 heterocycles. The molecule has 0 bridgehead atoms. The minimum Gasteiger partial charge on any atom is -0.504 e. The van der Waals surface area contributed by atoms with E-state index in [9.17, 15) is 24.6 Å². The lowest BCUT2D eigenvalue weighted by Gasteiger charge is -2.42. The lowest BCUT2D eigenvalue weighted by Crippen LogP contribution is -2.57. The first-order valence-corrected chi connectivity index (χ1v) is 12.8. The van der Waals surface area contributed by atoms with Crippen molar-refractivity contribution in [2.75, 3.05) is 13.6 Å². The largest absolute Gasteiger partial charge is 0.504 e. The number of carbonyl (C=O) groups is 3. The van der Waals surface area contributed by atoms with Gasteiger partial charge in [0.05, 0.1) is 12.6 Å². The molecule has 1 aliphatic carbocycles. The van der Waals surface area contributed by atoms with Crippen molar-refractivity contribution in [1.82, 2.24) is 15.5 Å². The number of likely N-dealkylation sites (N-methyl/N-ethyl adjacent to an activating group) is 1. The van der Waals surface area contributed by atoms with Crippen LogP contribution in [-0.2, 0) is 33.6 Å². The Labute approximate surface area is 216 Å². The van der Waals surface area contributed by atoms with Gasteiger partial charge in [0.2, 0.25) is 17.7 Å². The van der Waals surface area contributed by atoms with Crippen LogP contribution in [0, 0.1) is 11.3 Å². The number of aryl methyl sites for hydroxylation is 1. The number of nitrogens with zero attached hydrogens (tertiary/aromatic N) is 1. The van der Waals surface area contributed by atoms with Crippen molar-refractivity contribution in [1.29, 1.82) is 0 Å². The molecule has 2 aromatic carbocycles. The van der Waals surface area contributed by atoms with Gasteiger partial charge in [-0.15, -0.1) is 0 Å². The van der Waals surface area contributed by atoms with Crippen LogP contribution >= 0.6 is 0 Å². The highest BCUT2D eigenvalue weighted by Crippen LogP contribution is 2.56. The third-order valence-electron chi connectivity index (χ3n) is 8.67. The number of amides is 3. The molecule has 0 saturated carbocycles. The Morgan fingerprint density at radius 3 is 2.51 bits per heavy atom. The maximum absolute atomic E-state index is 14.0. The Kier molecular flexibility index (Phi) is 6.35. The van der Waals surface area contributed by atoms with Crippen molar-refractivity contribution in [2.24, 2.45) is 17.1 Å². The van der Waals surface area contributed by atoms with E-state index in [-0.39, 0.29) is 42.2 Å². The number of primary amides is 1. The standard InChI is InChI=1S/C28H34N4O5/c1-28(18-8-7-15-5-3-4-6-16(15)9-18)13-21-19-12-23(34)22(33)11-17(19)10-20(31-24(35)14-30-2)27(37)32(21)25(28)26(29)36/h3-6,11-12,18,20-21,25,30,33-34H,7-10,13-14H2,1-2H3,(H2,29,36)(H,31,35)/t18?,20-,21+,25?,28?/m0/s1. The average molecular weight is 507 g/mol. The summed E-state index contributed by atoms with van der Waals surface area (Å²) < 4.78 is 0. The Morgan fingerprint density at radius 2 is 1.81 bits per heavy atom. The van der Waals surface area contributed by atoms with Gasteiger partial charge in [0.1, 0.15) is 12.1 Å². The van der Waals surface area contributed by atoms with Gasteiger partial charge in [0.15, 0.2) is 11.5 Å². The molecule has 2 aromatic rings. The Hall–Kier alpha value is -3.59. The molecule has 3 amide bonds. The second-order valence-corrected chi connectivity index (χ2v) is 10.9. The fourth-order valence-corrected chi connectivity index (χ4v) is 6.91. The van der Waals surface area contributed by atoms with E-state index in [1.165, 1.54) is 23.3 Å². The van der Waals surface area contributed by atoms with Crippen LogP contribution in [0.15, 0.2) is 36.4 Å². The number of fused-ring (bicyclic) bond motifs is 4. The zero-order chi connectivity index (χ0) is 26.5. The Morgan fingerprint density at radius 1 is 1.11 bits per heavy atom. The highest BCUT2D eigenvalue weighted by molar-refractivity contribution is 5.94. The first-order chi connectivity index (χ1) is 17.6. The lowest BCUT2D eigenvalue weighted by atomic mass is 9.64. The average Bonchev–Trinajstić information content (AvgIpc) is 3.14. The first kappa shape index (κ1) is 25.1. The lowest BCUT2D eigenvalue weighted by molar-refractivity contribution is -0.144. The summed E-state index contributed by atoms with van der Waals surface area (Å²) in [6.45, 7) is 2.07. The number of phenols is 2. The zero-order valence-corrected chi connectivity index (χ0v) is 21.2. The van der Waals surface area contributed by atoms with Crippen molar-refractivity contribution in [3.05, 3.63) is 58.7 Å². The molecule has 0 radical (unpaired) electrons. The normalized spacial score (nSPS) is 28.6. The smallest absolute Gasteiger partial charge is 0.246 e. The minimum absolute atomic E-state index is 0.0271. The van der Waals surface area contributed by atoms with Crippen molar-refractivity contribution in [2.45, 2.75) is 57.2 Å². The fourth-order valence-electron chi connectivity index (χ4n) is 6.91. The number of hydrogen-bond donors (Lipinski definition) is 5. The Balaban J connectivity index is 1.60. The first-order valence-electron chi connectivity index (χ1n) is 12.8. The SMILES string of the molecule is CNCC(=O)N[C@H]1Cc2cc(O)c(O)cc2[C@H]2CC(C)(C3CCc4ccccc4C3)C(C(N)=O)N2C1=O. The van der Waals surface area contributed by atoms with E-state index >= 15 is 0 Å². The molecule has 1 saturated heterocycles. The summed E-state index contributed by atoms with van der Waals surface area (Å²) in [7, 11) is 1.64. The van der Waals surface area contributed by atoms with E-state index in [2.05, 4.69) is 22.8 Å². The third kappa shape index (κ3) is 4.21. The molecular formula is C28H34N4O5. The van der Waals surface area contributed by atoms with Crippen LogP contribution in [0.1, 0.15) is 48.1 Å². The molecule has 9 heteroatoms. The second kappa shape index (κ2) is 9.37. The number of rotatable bonds is 5. The van der Waals surface area contributed by atoms with Gasteiger partial charge in [-0.25, -0.2) is 0 Å². The van der Waals surface area contributed by atoms with Crippen molar-refractivity contribution >= 4 is 17.7 Å². The molecular weight excluding hydrogens is 472 g/mol. The molecule has 196 valence electrons. The molecule has 3 aliphatic rings. The number of aromatic hydroxyl groups is 2. The summed E-state index contributed by atoms with van der Waals surface area (Å²) in [5.41, 5.74) is 9.28. The molecule has 0 spiro atoms. The molecule has 9 nitrogen and oxygen atoms in total. The van der Waals surface area contributed by atoms with Gasteiger partial charge in [0.25, 0.3) is 0 Å². The topological polar surface area (TPSA) is 145 Å². The van der Waals surface area contributed by atoms with Gasteiger partial charge in [-0.3, -0.25) is 14.4 Å². The molecule has 5 atom stereocenters. The Bertz CT molecular complexity index is 1260. The predicted molar refractivity (Wildman–Crippen MR) is 137 cm³/mol. The van der Waals surface area contributed by atoms with Crippen molar-refractivity contribution in [3.8, 4) is 11.5 Å². The third-order valence-corrected chi connectivity index (χ3v) is 8.67. The summed E-state index contributed by atoms with van der Waals surface area (Å²) in [5, 5.41) is 26.2. The highest BCUT2D eigenvalue weighted by atomic mass is 16.3. The van der Waals surface area contributed by atoms with E-state index in [0.717, 1.165) is 19.3 Å². The predicted octanol–water partition coefficient (Wildman–Crippen LogP) is 1.30. The highest BCUT2D eigenvalue weighted by Gasteiger charge is 2.59.